The molecule has 3 heterocycles. The lowest BCUT2D eigenvalue weighted by Gasteiger charge is -2.35. The molecular weight excluding hydrogens is 465 g/mol. The van der Waals surface area contributed by atoms with Gasteiger partial charge in [-0.3, -0.25) is 15.0 Å². The fourth-order valence-corrected chi connectivity index (χ4v) is 5.49. The van der Waals surface area contributed by atoms with E-state index in [2.05, 4.69) is 15.0 Å². The SMILES string of the molecule is C[C@]1(F)C(N)=N[C@](C)(c2cc(Cc3ncc(F)c4cc(Cl)cnc34)ccc2F)CS1(=O)=O. The summed E-state index contributed by atoms with van der Waals surface area (Å²) in [5, 5.41) is -2.38. The fourth-order valence-electron chi connectivity index (χ4n) is 3.74. The van der Waals surface area contributed by atoms with Gasteiger partial charge >= 0.3 is 0 Å². The third kappa shape index (κ3) is 3.61. The number of amidine groups is 1. The van der Waals surface area contributed by atoms with E-state index in [1.807, 2.05) is 0 Å². The van der Waals surface area contributed by atoms with Crippen LogP contribution in [0.15, 0.2) is 41.7 Å². The van der Waals surface area contributed by atoms with Crippen LogP contribution in [-0.4, -0.2) is 35.0 Å². The number of alkyl halides is 1. The maximum Gasteiger partial charge on any atom is 0.263 e. The van der Waals surface area contributed by atoms with Gasteiger partial charge < -0.3 is 5.73 Å². The molecule has 4 rings (SSSR count). The first-order chi connectivity index (χ1) is 14.8. The number of nitrogens with zero attached hydrogens (tertiary/aromatic N) is 3. The molecule has 6 nitrogen and oxygen atoms in total. The van der Waals surface area contributed by atoms with Gasteiger partial charge in [0.1, 0.15) is 17.2 Å². The third-order valence-corrected chi connectivity index (χ3v) is 8.11. The molecule has 3 aromatic rings. The van der Waals surface area contributed by atoms with Crippen LogP contribution in [0.2, 0.25) is 5.02 Å². The van der Waals surface area contributed by atoms with Crippen molar-refractivity contribution in [3.8, 4) is 0 Å². The molecule has 1 aliphatic heterocycles. The quantitative estimate of drug-likeness (QED) is 0.611. The molecule has 0 saturated heterocycles. The second kappa shape index (κ2) is 7.41. The Labute approximate surface area is 187 Å². The summed E-state index contributed by atoms with van der Waals surface area (Å²) in [5.41, 5.74) is 5.18. The molecule has 0 amide bonds. The van der Waals surface area contributed by atoms with Gasteiger partial charge in [0.25, 0.3) is 5.00 Å². The van der Waals surface area contributed by atoms with Crippen molar-refractivity contribution in [3.63, 3.8) is 0 Å². The molecule has 2 N–H and O–H groups in total. The highest BCUT2D eigenvalue weighted by molar-refractivity contribution is 7.93. The number of fused-ring (bicyclic) bond motifs is 1. The Hall–Kier alpha value is -2.72. The molecule has 0 fully saturated rings. The van der Waals surface area contributed by atoms with Crippen molar-refractivity contribution in [2.24, 2.45) is 10.7 Å². The van der Waals surface area contributed by atoms with Gasteiger partial charge in [-0.15, -0.1) is 0 Å². The lowest BCUT2D eigenvalue weighted by atomic mass is 9.91. The summed E-state index contributed by atoms with van der Waals surface area (Å²) < 4.78 is 68.4. The van der Waals surface area contributed by atoms with Crippen LogP contribution in [0.1, 0.15) is 30.7 Å². The fraction of sp³-hybridized carbons (Fsp3) is 0.286. The van der Waals surface area contributed by atoms with Crippen molar-refractivity contribution < 1.29 is 21.6 Å². The number of hydrogen-bond acceptors (Lipinski definition) is 6. The summed E-state index contributed by atoms with van der Waals surface area (Å²) in [6.45, 7) is 2.20. The molecule has 11 heteroatoms. The molecule has 2 aromatic heterocycles. The van der Waals surface area contributed by atoms with E-state index in [4.69, 9.17) is 17.3 Å². The monoisotopic (exact) mass is 482 g/mol. The summed E-state index contributed by atoms with van der Waals surface area (Å²) in [6, 6.07) is 5.50. The summed E-state index contributed by atoms with van der Waals surface area (Å²) in [7, 11) is -4.36. The van der Waals surface area contributed by atoms with Crippen molar-refractivity contribution in [1.29, 1.82) is 0 Å². The second-order valence-electron chi connectivity index (χ2n) is 8.04. The second-order valence-corrected chi connectivity index (χ2v) is 10.8. The number of aromatic nitrogens is 2. The van der Waals surface area contributed by atoms with Crippen molar-refractivity contribution in [3.05, 3.63) is 70.1 Å². The Morgan fingerprint density at radius 2 is 1.84 bits per heavy atom. The van der Waals surface area contributed by atoms with Gasteiger partial charge in [0.15, 0.2) is 15.7 Å². The Morgan fingerprint density at radius 1 is 1.12 bits per heavy atom. The van der Waals surface area contributed by atoms with Gasteiger partial charge in [0, 0.05) is 23.6 Å². The summed E-state index contributed by atoms with van der Waals surface area (Å²) in [4.78, 5) is 12.3. The molecule has 0 unspecified atom stereocenters. The topological polar surface area (TPSA) is 98.3 Å². The standard InChI is InChI=1S/C21H18ClF3N4O2S/c1-20(10-32(30,31)21(2,25)19(26)29-20)14-5-11(3-4-15(14)23)6-17-18-13(16(24)9-27-17)7-12(22)8-28-18/h3-5,7-9H,6,10H2,1-2H3,(H2,26,29)/t20-,21+/m0/s1. The average molecular weight is 483 g/mol. The van der Waals surface area contributed by atoms with Crippen molar-refractivity contribution in [1.82, 2.24) is 9.97 Å². The molecule has 2 atom stereocenters. The molecule has 0 aliphatic carbocycles. The Morgan fingerprint density at radius 3 is 2.53 bits per heavy atom. The maximum absolute atomic E-state index is 14.8. The van der Waals surface area contributed by atoms with Crippen molar-refractivity contribution in [2.75, 3.05) is 5.75 Å². The Bertz CT molecular complexity index is 1400. The van der Waals surface area contributed by atoms with Gasteiger partial charge in [-0.2, -0.15) is 0 Å². The van der Waals surface area contributed by atoms with Crippen LogP contribution in [0, 0.1) is 11.6 Å². The zero-order chi connectivity index (χ0) is 23.5. The van der Waals surface area contributed by atoms with E-state index >= 15 is 0 Å². The lowest BCUT2D eigenvalue weighted by Crippen LogP contribution is -2.54. The van der Waals surface area contributed by atoms with Crippen LogP contribution < -0.4 is 5.73 Å². The van der Waals surface area contributed by atoms with E-state index in [-0.39, 0.29) is 22.4 Å². The molecule has 0 saturated carbocycles. The number of pyridine rings is 2. The smallest absolute Gasteiger partial charge is 0.263 e. The largest absolute Gasteiger partial charge is 0.384 e. The molecule has 32 heavy (non-hydrogen) atoms. The minimum atomic E-state index is -4.36. The predicted octanol–water partition coefficient (Wildman–Crippen LogP) is 3.84. The van der Waals surface area contributed by atoms with Gasteiger partial charge in [-0.25, -0.2) is 21.6 Å². The Balaban J connectivity index is 1.79. The summed E-state index contributed by atoms with van der Waals surface area (Å²) >= 11 is 5.91. The van der Waals surface area contributed by atoms with E-state index in [1.165, 1.54) is 31.3 Å². The van der Waals surface area contributed by atoms with E-state index in [9.17, 15) is 21.6 Å². The number of rotatable bonds is 3. The van der Waals surface area contributed by atoms with Crippen LogP contribution in [-0.2, 0) is 21.8 Å². The van der Waals surface area contributed by atoms with Crippen molar-refractivity contribution >= 4 is 38.2 Å². The minimum absolute atomic E-state index is 0.0561. The van der Waals surface area contributed by atoms with Crippen LogP contribution >= 0.6 is 11.6 Å². The van der Waals surface area contributed by atoms with E-state index in [1.54, 1.807) is 0 Å². The highest BCUT2D eigenvalue weighted by atomic mass is 35.5. The molecule has 0 bridgehead atoms. The van der Waals surface area contributed by atoms with Crippen LogP contribution in [0.4, 0.5) is 13.2 Å². The maximum atomic E-state index is 14.8. The van der Waals surface area contributed by atoms with Gasteiger partial charge in [-0.1, -0.05) is 23.7 Å². The number of hydrogen-bond donors (Lipinski definition) is 1. The average Bonchev–Trinajstić information content (AvgIpc) is 2.70. The molecule has 1 aromatic carbocycles. The van der Waals surface area contributed by atoms with Crippen LogP contribution in [0.3, 0.4) is 0 Å². The minimum Gasteiger partial charge on any atom is -0.384 e. The number of aliphatic imine (C=N–C) groups is 1. The van der Waals surface area contributed by atoms with Gasteiger partial charge in [-0.05, 0) is 31.5 Å². The van der Waals surface area contributed by atoms with Gasteiger partial charge in [0.05, 0.1) is 28.2 Å². The number of sulfone groups is 1. The number of nitrogens with two attached hydrogens (primary N) is 1. The van der Waals surface area contributed by atoms with E-state index < -0.39 is 43.6 Å². The zero-order valence-corrected chi connectivity index (χ0v) is 18.6. The highest BCUT2D eigenvalue weighted by Crippen LogP contribution is 2.39. The van der Waals surface area contributed by atoms with Crippen molar-refractivity contribution in [2.45, 2.75) is 30.8 Å². The summed E-state index contributed by atoms with van der Waals surface area (Å²) in [6.07, 6.45) is 2.55. The van der Waals surface area contributed by atoms with E-state index in [0.29, 0.717) is 16.8 Å². The van der Waals surface area contributed by atoms with Gasteiger partial charge in [0.2, 0.25) is 0 Å². The molecule has 0 radical (unpaired) electrons. The van der Waals surface area contributed by atoms with E-state index in [0.717, 1.165) is 19.2 Å². The highest BCUT2D eigenvalue weighted by Gasteiger charge is 2.53. The molecule has 168 valence electrons. The molecule has 1 aliphatic rings. The molecular formula is C21H18ClF3N4O2S. The summed E-state index contributed by atoms with van der Waals surface area (Å²) in [5.74, 6) is -2.79. The molecule has 0 spiro atoms. The number of benzene rings is 1. The predicted molar refractivity (Wildman–Crippen MR) is 116 cm³/mol. The first-order valence-electron chi connectivity index (χ1n) is 9.48. The van der Waals surface area contributed by atoms with Crippen LogP contribution in [0.25, 0.3) is 10.9 Å². The number of halogens is 4. The lowest BCUT2D eigenvalue weighted by molar-refractivity contribution is 0.354. The Kier molecular flexibility index (Phi) is 5.21. The normalized spacial score (nSPS) is 25.0. The van der Waals surface area contributed by atoms with Crippen LogP contribution in [0.5, 0.6) is 0 Å². The third-order valence-electron chi connectivity index (χ3n) is 5.58. The first-order valence-corrected chi connectivity index (χ1v) is 11.5. The first kappa shape index (κ1) is 22.5. The zero-order valence-electron chi connectivity index (χ0n) is 17.0.